The Hall–Kier alpha value is -1.11. The zero-order valence-corrected chi connectivity index (χ0v) is 12.0. The molecule has 0 aliphatic heterocycles. The fourth-order valence-corrected chi connectivity index (χ4v) is 3.15. The molecule has 2 rings (SSSR count). The van der Waals surface area contributed by atoms with Crippen LogP contribution in [0.4, 0.5) is 0 Å². The van der Waals surface area contributed by atoms with Crippen LogP contribution in [0, 0.1) is 6.92 Å². The molecule has 0 fully saturated rings. The van der Waals surface area contributed by atoms with E-state index < -0.39 is 0 Å². The van der Waals surface area contributed by atoms with Crippen LogP contribution in [0.2, 0.25) is 0 Å². The molecule has 2 aromatic rings. The lowest BCUT2D eigenvalue weighted by Gasteiger charge is -2.08. The summed E-state index contributed by atoms with van der Waals surface area (Å²) in [6, 6.07) is 6.10. The second-order valence-corrected chi connectivity index (χ2v) is 5.72. The van der Waals surface area contributed by atoms with E-state index in [2.05, 4.69) is 21.5 Å². The van der Waals surface area contributed by atoms with E-state index in [0.29, 0.717) is 6.54 Å². The lowest BCUT2D eigenvalue weighted by Crippen LogP contribution is -2.00. The molecule has 18 heavy (non-hydrogen) atoms. The predicted octanol–water partition coefficient (Wildman–Crippen LogP) is 2.61. The molecule has 6 heteroatoms. The highest BCUT2D eigenvalue weighted by Crippen LogP contribution is 2.26. The van der Waals surface area contributed by atoms with Crippen molar-refractivity contribution in [2.45, 2.75) is 23.6 Å². The quantitative estimate of drug-likeness (QED) is 0.854. The molecule has 0 radical (unpaired) electrons. The van der Waals surface area contributed by atoms with Gasteiger partial charge in [0.15, 0.2) is 4.34 Å². The zero-order valence-electron chi connectivity index (χ0n) is 10.3. The van der Waals surface area contributed by atoms with Crippen LogP contribution in [0.25, 0.3) is 0 Å². The summed E-state index contributed by atoms with van der Waals surface area (Å²) in [6.45, 7) is 2.39. The first-order valence-electron chi connectivity index (χ1n) is 5.52. The van der Waals surface area contributed by atoms with Crippen LogP contribution in [0.3, 0.4) is 0 Å². The SMILES string of the molecule is COc1ccc(CSc2nc(C)ns2)cc1CN. The number of hydrogen-bond acceptors (Lipinski definition) is 6. The molecule has 4 nitrogen and oxygen atoms in total. The van der Waals surface area contributed by atoms with Gasteiger partial charge in [-0.2, -0.15) is 4.37 Å². The summed E-state index contributed by atoms with van der Waals surface area (Å²) in [5.74, 6) is 2.55. The van der Waals surface area contributed by atoms with Crippen LogP contribution in [0.1, 0.15) is 17.0 Å². The second-order valence-electron chi connectivity index (χ2n) is 3.75. The molecule has 0 aliphatic rings. The summed E-state index contributed by atoms with van der Waals surface area (Å²) >= 11 is 3.13. The average molecular weight is 281 g/mol. The van der Waals surface area contributed by atoms with Crippen LogP contribution in [-0.2, 0) is 12.3 Å². The van der Waals surface area contributed by atoms with Crippen molar-refractivity contribution >= 4 is 23.3 Å². The molecule has 0 saturated heterocycles. The molecule has 0 unspecified atom stereocenters. The van der Waals surface area contributed by atoms with Gasteiger partial charge in [-0.1, -0.05) is 17.8 Å². The monoisotopic (exact) mass is 281 g/mol. The van der Waals surface area contributed by atoms with Crippen LogP contribution in [0.5, 0.6) is 5.75 Å². The summed E-state index contributed by atoms with van der Waals surface area (Å²) in [4.78, 5) is 4.32. The molecule has 0 bridgehead atoms. The van der Waals surface area contributed by atoms with Crippen molar-refractivity contribution in [1.82, 2.24) is 9.36 Å². The van der Waals surface area contributed by atoms with Crippen LogP contribution >= 0.6 is 23.3 Å². The number of nitrogens with two attached hydrogens (primary N) is 1. The highest BCUT2D eigenvalue weighted by atomic mass is 32.2. The first-order chi connectivity index (χ1) is 8.72. The van der Waals surface area contributed by atoms with Crippen molar-refractivity contribution in [3.05, 3.63) is 35.2 Å². The number of thioether (sulfide) groups is 1. The molecule has 1 aromatic carbocycles. The third kappa shape index (κ3) is 3.22. The average Bonchev–Trinajstić information content (AvgIpc) is 2.81. The van der Waals surface area contributed by atoms with Gasteiger partial charge in [0.1, 0.15) is 11.6 Å². The molecule has 1 heterocycles. The lowest BCUT2D eigenvalue weighted by molar-refractivity contribution is 0.409. The van der Waals surface area contributed by atoms with E-state index in [0.717, 1.165) is 27.2 Å². The fraction of sp³-hybridized carbons (Fsp3) is 0.333. The Kier molecular flexibility index (Phi) is 4.57. The van der Waals surface area contributed by atoms with Gasteiger partial charge in [0.05, 0.1) is 7.11 Å². The third-order valence-electron chi connectivity index (χ3n) is 2.44. The second kappa shape index (κ2) is 6.17. The van der Waals surface area contributed by atoms with Crippen molar-refractivity contribution < 1.29 is 4.74 Å². The molecular weight excluding hydrogens is 266 g/mol. The van der Waals surface area contributed by atoms with Gasteiger partial charge in [-0.3, -0.25) is 0 Å². The number of nitrogens with zero attached hydrogens (tertiary/aromatic N) is 2. The van der Waals surface area contributed by atoms with Gasteiger partial charge in [0.2, 0.25) is 0 Å². The number of hydrogen-bond donors (Lipinski definition) is 1. The van der Waals surface area contributed by atoms with Crippen LogP contribution in [0.15, 0.2) is 22.5 Å². The van der Waals surface area contributed by atoms with Crippen molar-refractivity contribution in [1.29, 1.82) is 0 Å². The molecule has 96 valence electrons. The van der Waals surface area contributed by atoms with Crippen molar-refractivity contribution in [2.75, 3.05) is 7.11 Å². The van der Waals surface area contributed by atoms with E-state index in [-0.39, 0.29) is 0 Å². The van der Waals surface area contributed by atoms with Crippen LogP contribution in [-0.4, -0.2) is 16.5 Å². The maximum atomic E-state index is 5.70. The molecule has 2 N–H and O–H groups in total. The first-order valence-corrected chi connectivity index (χ1v) is 7.28. The molecule has 0 amide bonds. The van der Waals surface area contributed by atoms with E-state index in [1.807, 2.05) is 13.0 Å². The standard InChI is InChI=1S/C12H15N3OS2/c1-8-14-12(18-15-8)17-7-9-3-4-11(16-2)10(5-9)6-13/h3-5H,6-7,13H2,1-2H3. The van der Waals surface area contributed by atoms with Crippen molar-refractivity contribution in [3.63, 3.8) is 0 Å². The highest BCUT2D eigenvalue weighted by molar-refractivity contribution is 8.00. The summed E-state index contributed by atoms with van der Waals surface area (Å²) in [6.07, 6.45) is 0. The lowest BCUT2D eigenvalue weighted by atomic mass is 10.1. The molecule has 0 atom stereocenters. The Labute approximate surface area is 115 Å². The van der Waals surface area contributed by atoms with E-state index in [1.165, 1.54) is 17.1 Å². The number of benzene rings is 1. The van der Waals surface area contributed by atoms with Gasteiger partial charge in [-0.15, -0.1) is 0 Å². The predicted molar refractivity (Wildman–Crippen MR) is 75.1 cm³/mol. The van der Waals surface area contributed by atoms with E-state index in [4.69, 9.17) is 10.5 Å². The molecule has 0 saturated carbocycles. The molecule has 0 aliphatic carbocycles. The van der Waals surface area contributed by atoms with Gasteiger partial charge >= 0.3 is 0 Å². The summed E-state index contributed by atoms with van der Waals surface area (Å²) in [5, 5.41) is 0. The number of ether oxygens (including phenoxy) is 1. The Balaban J connectivity index is 2.05. The van der Waals surface area contributed by atoms with Crippen molar-refractivity contribution in [3.8, 4) is 5.75 Å². The Morgan fingerprint density at radius 1 is 1.44 bits per heavy atom. The minimum atomic E-state index is 0.486. The molecule has 1 aromatic heterocycles. The van der Waals surface area contributed by atoms with Gasteiger partial charge in [0, 0.05) is 17.9 Å². The normalized spacial score (nSPS) is 10.6. The smallest absolute Gasteiger partial charge is 0.170 e. The van der Waals surface area contributed by atoms with Crippen LogP contribution < -0.4 is 10.5 Å². The maximum absolute atomic E-state index is 5.70. The minimum absolute atomic E-state index is 0.486. The van der Waals surface area contributed by atoms with Gasteiger partial charge in [0.25, 0.3) is 0 Å². The number of aryl methyl sites for hydroxylation is 1. The number of rotatable bonds is 5. The van der Waals surface area contributed by atoms with Gasteiger partial charge in [-0.05, 0) is 36.2 Å². The van der Waals surface area contributed by atoms with Gasteiger partial charge < -0.3 is 10.5 Å². The van der Waals surface area contributed by atoms with E-state index in [1.54, 1.807) is 18.9 Å². The topological polar surface area (TPSA) is 61.0 Å². The Bertz CT molecular complexity index is 528. The minimum Gasteiger partial charge on any atom is -0.496 e. The summed E-state index contributed by atoms with van der Waals surface area (Å²) < 4.78 is 10.4. The summed E-state index contributed by atoms with van der Waals surface area (Å²) in [7, 11) is 1.66. The maximum Gasteiger partial charge on any atom is 0.170 e. The summed E-state index contributed by atoms with van der Waals surface area (Å²) in [5.41, 5.74) is 7.95. The Morgan fingerprint density at radius 2 is 2.28 bits per heavy atom. The number of aromatic nitrogens is 2. The van der Waals surface area contributed by atoms with E-state index in [9.17, 15) is 0 Å². The first kappa shape index (κ1) is 13.3. The number of methoxy groups -OCH3 is 1. The third-order valence-corrected chi connectivity index (χ3v) is 4.43. The zero-order chi connectivity index (χ0) is 13.0. The molecule has 0 spiro atoms. The largest absolute Gasteiger partial charge is 0.496 e. The van der Waals surface area contributed by atoms with Crippen molar-refractivity contribution in [2.24, 2.45) is 5.73 Å². The Morgan fingerprint density at radius 3 is 2.89 bits per heavy atom. The highest BCUT2D eigenvalue weighted by Gasteiger charge is 2.05. The van der Waals surface area contributed by atoms with E-state index >= 15 is 0 Å². The molecular formula is C12H15N3OS2. The van der Waals surface area contributed by atoms with Gasteiger partial charge in [-0.25, -0.2) is 4.98 Å². The fourth-order valence-electron chi connectivity index (χ4n) is 1.56.